The van der Waals surface area contributed by atoms with Gasteiger partial charge in [-0.3, -0.25) is 18.7 Å². The highest BCUT2D eigenvalue weighted by atomic mass is 16.4. The van der Waals surface area contributed by atoms with Crippen molar-refractivity contribution in [2.75, 3.05) is 6.61 Å². The lowest BCUT2D eigenvalue weighted by Crippen LogP contribution is -2.24. The Hall–Kier alpha value is -1.82. The van der Waals surface area contributed by atoms with Crippen LogP contribution in [0.4, 0.5) is 0 Å². The van der Waals surface area contributed by atoms with Crippen LogP contribution < -0.4 is 11.1 Å². The van der Waals surface area contributed by atoms with Gasteiger partial charge in [-0.1, -0.05) is 0 Å². The highest BCUT2D eigenvalue weighted by molar-refractivity contribution is 5.97. The highest BCUT2D eigenvalue weighted by Crippen LogP contribution is 2.22. The summed E-state index contributed by atoms with van der Waals surface area (Å²) in [7, 11) is 1.59. The maximum atomic E-state index is 11.9. The van der Waals surface area contributed by atoms with Gasteiger partial charge in [0.1, 0.15) is 5.65 Å². The van der Waals surface area contributed by atoms with Gasteiger partial charge in [-0.15, -0.1) is 0 Å². The molecule has 1 aliphatic heterocycles. The van der Waals surface area contributed by atoms with Gasteiger partial charge in [0.2, 0.25) is 0 Å². The molecule has 5 nitrogen and oxygen atoms in total. The van der Waals surface area contributed by atoms with Gasteiger partial charge in [0.15, 0.2) is 0 Å². The zero-order valence-electron chi connectivity index (χ0n) is 9.42. The van der Waals surface area contributed by atoms with Crippen molar-refractivity contribution in [1.29, 1.82) is 0 Å². The van der Waals surface area contributed by atoms with Crippen LogP contribution in [-0.2, 0) is 11.2 Å². The first kappa shape index (κ1) is 10.3. The van der Waals surface area contributed by atoms with Crippen molar-refractivity contribution >= 4 is 19.1 Å². The summed E-state index contributed by atoms with van der Waals surface area (Å²) in [6.07, 6.45) is 0. The lowest BCUT2D eigenvalue weighted by atomic mass is 10.3. The van der Waals surface area contributed by atoms with E-state index in [-0.39, 0.29) is 17.2 Å². The smallest absolute Gasteiger partial charge is 0.257 e. The first-order valence-corrected chi connectivity index (χ1v) is 5.46. The molecular formula is C11H11BN2O3. The zero-order chi connectivity index (χ0) is 12.0. The van der Waals surface area contributed by atoms with Gasteiger partial charge >= 0.3 is 0 Å². The van der Waals surface area contributed by atoms with E-state index in [9.17, 15) is 9.59 Å². The van der Waals surface area contributed by atoms with E-state index in [1.807, 2.05) is 0 Å². The molecular weight excluding hydrogens is 219 g/mol. The molecule has 6 heteroatoms. The fourth-order valence-corrected chi connectivity index (χ4v) is 2.47. The van der Waals surface area contributed by atoms with Crippen molar-refractivity contribution < 1.29 is 4.65 Å². The van der Waals surface area contributed by atoms with Crippen LogP contribution in [0, 0.1) is 0 Å². The Labute approximate surface area is 97.7 Å². The van der Waals surface area contributed by atoms with Gasteiger partial charge in [-0.05, 0) is 12.1 Å². The van der Waals surface area contributed by atoms with Crippen LogP contribution in [0.2, 0.25) is 0 Å². The Balaban J connectivity index is 2.40. The van der Waals surface area contributed by atoms with E-state index in [4.69, 9.17) is 4.65 Å². The monoisotopic (exact) mass is 230 g/mol. The lowest BCUT2D eigenvalue weighted by molar-refractivity contribution is 0.266. The van der Waals surface area contributed by atoms with Crippen molar-refractivity contribution in [3.8, 4) is 0 Å². The predicted octanol–water partition coefficient (Wildman–Crippen LogP) is -0.717. The summed E-state index contributed by atoms with van der Waals surface area (Å²) in [6, 6.07) is 6.47. The second-order valence-corrected chi connectivity index (χ2v) is 4.21. The predicted molar refractivity (Wildman–Crippen MR) is 66.0 cm³/mol. The van der Waals surface area contributed by atoms with Crippen molar-refractivity contribution in [3.05, 3.63) is 45.0 Å². The van der Waals surface area contributed by atoms with Crippen molar-refractivity contribution in [1.82, 2.24) is 9.13 Å². The van der Waals surface area contributed by atoms with E-state index in [0.29, 0.717) is 18.8 Å². The van der Waals surface area contributed by atoms with Gasteiger partial charge in [0.05, 0.1) is 19.2 Å². The maximum Gasteiger partial charge on any atom is 0.257 e. The molecule has 0 N–H and O–H groups in total. The molecule has 0 radical (unpaired) electrons. The fourth-order valence-electron chi connectivity index (χ4n) is 2.47. The van der Waals surface area contributed by atoms with E-state index in [1.165, 1.54) is 12.1 Å². The summed E-state index contributed by atoms with van der Waals surface area (Å²) in [6.45, 7) is 0.934. The first-order valence-electron chi connectivity index (χ1n) is 5.46. The van der Waals surface area contributed by atoms with Crippen LogP contribution in [0.3, 0.4) is 0 Å². The molecule has 0 bridgehead atoms. The molecule has 86 valence electrons. The van der Waals surface area contributed by atoms with Crippen LogP contribution in [0.5, 0.6) is 0 Å². The molecule has 1 aliphatic rings. The van der Waals surface area contributed by atoms with E-state index in [1.54, 1.807) is 29.3 Å². The van der Waals surface area contributed by atoms with Gasteiger partial charge in [-0.25, -0.2) is 0 Å². The third-order valence-electron chi connectivity index (χ3n) is 3.17. The minimum atomic E-state index is -0.0914. The third-order valence-corrected chi connectivity index (χ3v) is 3.17. The summed E-state index contributed by atoms with van der Waals surface area (Å²) < 4.78 is 8.40. The number of rotatable bonds is 2. The highest BCUT2D eigenvalue weighted by Gasteiger charge is 2.25. The second kappa shape index (κ2) is 3.60. The Bertz CT molecular complexity index is 699. The SMILES string of the molecule is BOCC1Cn2c(=O)ccc3ccc(=O)n1c32. The number of pyridine rings is 2. The molecule has 0 fully saturated rings. The Morgan fingerprint density at radius 2 is 1.94 bits per heavy atom. The molecule has 0 amide bonds. The van der Waals surface area contributed by atoms with Crippen LogP contribution in [-0.4, -0.2) is 23.8 Å². The minimum Gasteiger partial charge on any atom is -0.442 e. The number of hydrogen-bond acceptors (Lipinski definition) is 3. The van der Waals surface area contributed by atoms with Gasteiger partial charge in [0.25, 0.3) is 19.2 Å². The molecule has 0 saturated carbocycles. The summed E-state index contributed by atoms with van der Waals surface area (Å²) >= 11 is 0. The molecule has 0 saturated heterocycles. The molecule has 2 aromatic heterocycles. The van der Waals surface area contributed by atoms with Crippen molar-refractivity contribution in [2.24, 2.45) is 0 Å². The number of aromatic nitrogens is 2. The topological polar surface area (TPSA) is 53.2 Å². The number of nitrogens with zero attached hydrogens (tertiary/aromatic N) is 2. The molecule has 0 aromatic carbocycles. The standard InChI is InChI=1S/C11H11BN2O3/c12-17-6-8-5-13-9(15)3-1-7-2-4-10(16)14(8)11(7)13/h1-4,8H,5-6,12H2. The lowest BCUT2D eigenvalue weighted by Gasteiger charge is -2.11. The second-order valence-electron chi connectivity index (χ2n) is 4.21. The van der Waals surface area contributed by atoms with E-state index < -0.39 is 0 Å². The average molecular weight is 230 g/mol. The summed E-state index contributed by atoms with van der Waals surface area (Å²) in [5.41, 5.74) is 0.541. The molecule has 3 heterocycles. The minimum absolute atomic E-state index is 0.0737. The Kier molecular flexibility index (Phi) is 2.19. The van der Waals surface area contributed by atoms with E-state index in [2.05, 4.69) is 0 Å². The Morgan fingerprint density at radius 3 is 2.65 bits per heavy atom. The zero-order valence-corrected chi connectivity index (χ0v) is 9.42. The Morgan fingerprint density at radius 1 is 1.24 bits per heavy atom. The summed E-state index contributed by atoms with van der Waals surface area (Å²) in [5, 5.41) is 0.905. The number of hydrogen-bond donors (Lipinski definition) is 0. The third kappa shape index (κ3) is 1.37. The normalized spacial score (nSPS) is 17.8. The molecule has 1 unspecified atom stereocenters. The summed E-state index contributed by atoms with van der Waals surface area (Å²) in [4.78, 5) is 23.7. The van der Waals surface area contributed by atoms with Crippen LogP contribution in [0.25, 0.3) is 11.0 Å². The molecule has 0 aliphatic carbocycles. The molecule has 17 heavy (non-hydrogen) atoms. The van der Waals surface area contributed by atoms with Gasteiger partial charge in [0, 0.05) is 17.5 Å². The van der Waals surface area contributed by atoms with Crippen molar-refractivity contribution in [2.45, 2.75) is 12.6 Å². The van der Waals surface area contributed by atoms with Crippen LogP contribution in [0.1, 0.15) is 6.04 Å². The largest absolute Gasteiger partial charge is 0.442 e. The fraction of sp³-hybridized carbons (Fsp3) is 0.273. The molecule has 2 aromatic rings. The van der Waals surface area contributed by atoms with E-state index in [0.717, 1.165) is 5.39 Å². The summed E-state index contributed by atoms with van der Waals surface area (Å²) in [5.74, 6) is 0. The quantitative estimate of drug-likeness (QED) is 0.640. The van der Waals surface area contributed by atoms with Crippen LogP contribution in [0.15, 0.2) is 33.9 Å². The van der Waals surface area contributed by atoms with Gasteiger partial charge < -0.3 is 4.65 Å². The molecule has 0 spiro atoms. The van der Waals surface area contributed by atoms with Crippen LogP contribution >= 0.6 is 0 Å². The first-order chi connectivity index (χ1) is 8.22. The molecule has 3 rings (SSSR count). The van der Waals surface area contributed by atoms with Gasteiger partial charge in [-0.2, -0.15) is 0 Å². The van der Waals surface area contributed by atoms with E-state index >= 15 is 0 Å². The average Bonchev–Trinajstić information content (AvgIpc) is 2.69. The van der Waals surface area contributed by atoms with Crippen molar-refractivity contribution in [3.63, 3.8) is 0 Å². The maximum absolute atomic E-state index is 11.9. The molecule has 1 atom stereocenters.